The molecule has 3 nitrogen and oxygen atoms in total. The fraction of sp³-hybridized carbons (Fsp3) is 0.0172. The number of hydrogen-bond acceptors (Lipinski definition) is 4. The summed E-state index contributed by atoms with van der Waals surface area (Å²) in [5.74, 6) is 1.94. The van der Waals surface area contributed by atoms with Crippen molar-refractivity contribution in [2.24, 2.45) is 0 Å². The predicted molar refractivity (Wildman–Crippen MR) is 257 cm³/mol. The van der Waals surface area contributed by atoms with Crippen LogP contribution in [-0.4, -0.2) is 15.0 Å². The van der Waals surface area contributed by atoms with E-state index in [0.717, 1.165) is 22.3 Å². The molecule has 0 amide bonds. The summed E-state index contributed by atoms with van der Waals surface area (Å²) in [4.78, 5) is 15.3. The van der Waals surface area contributed by atoms with Crippen LogP contribution in [0.5, 0.6) is 0 Å². The van der Waals surface area contributed by atoms with Crippen molar-refractivity contribution in [3.8, 4) is 67.5 Å². The Morgan fingerprint density at radius 3 is 1.44 bits per heavy atom. The summed E-state index contributed by atoms with van der Waals surface area (Å²) in [6.45, 7) is 0. The van der Waals surface area contributed by atoms with E-state index < -0.39 is 5.41 Å². The lowest BCUT2D eigenvalue weighted by Gasteiger charge is -2.34. The molecule has 0 fully saturated rings. The zero-order valence-electron chi connectivity index (χ0n) is 33.6. The van der Waals surface area contributed by atoms with Gasteiger partial charge in [0, 0.05) is 36.9 Å². The minimum atomic E-state index is -0.508. The van der Waals surface area contributed by atoms with E-state index in [1.54, 1.807) is 11.3 Å². The molecule has 2 heterocycles. The number of nitrogens with zero attached hydrogens (tertiary/aromatic N) is 3. The quantitative estimate of drug-likeness (QED) is 0.161. The third-order valence-electron chi connectivity index (χ3n) is 12.4. The van der Waals surface area contributed by atoms with E-state index in [-0.39, 0.29) is 0 Å². The normalized spacial score (nSPS) is 12.6. The first-order chi connectivity index (χ1) is 30.7. The molecular formula is C58H37N3S. The Labute approximate surface area is 364 Å². The highest BCUT2D eigenvalue weighted by Crippen LogP contribution is 2.58. The van der Waals surface area contributed by atoms with E-state index >= 15 is 0 Å². The van der Waals surface area contributed by atoms with Gasteiger partial charge in [0.2, 0.25) is 0 Å². The van der Waals surface area contributed by atoms with Crippen LogP contribution in [0.4, 0.5) is 0 Å². The summed E-state index contributed by atoms with van der Waals surface area (Å²) in [7, 11) is 0. The fourth-order valence-electron chi connectivity index (χ4n) is 9.60. The van der Waals surface area contributed by atoms with Crippen LogP contribution in [0.15, 0.2) is 224 Å². The van der Waals surface area contributed by atoms with Crippen molar-refractivity contribution in [3.63, 3.8) is 0 Å². The molecule has 1 aliphatic carbocycles. The first-order valence-electron chi connectivity index (χ1n) is 21.0. The maximum absolute atomic E-state index is 5.17. The molecule has 0 N–H and O–H groups in total. The van der Waals surface area contributed by atoms with Gasteiger partial charge in [-0.2, -0.15) is 0 Å². The van der Waals surface area contributed by atoms with Crippen molar-refractivity contribution in [1.29, 1.82) is 0 Å². The van der Waals surface area contributed by atoms with Gasteiger partial charge in [0.25, 0.3) is 0 Å². The third-order valence-corrected chi connectivity index (χ3v) is 13.6. The molecule has 1 aliphatic rings. The largest absolute Gasteiger partial charge is 0.208 e. The molecule has 11 aromatic rings. The Morgan fingerprint density at radius 1 is 0.290 bits per heavy atom. The van der Waals surface area contributed by atoms with Gasteiger partial charge in [-0.05, 0) is 79.9 Å². The van der Waals surface area contributed by atoms with Gasteiger partial charge in [0.05, 0.1) is 5.41 Å². The highest BCUT2D eigenvalue weighted by atomic mass is 32.1. The Hall–Kier alpha value is -7.79. The van der Waals surface area contributed by atoms with E-state index in [1.807, 2.05) is 18.2 Å². The van der Waals surface area contributed by atoms with Gasteiger partial charge in [0.1, 0.15) is 0 Å². The molecule has 0 saturated heterocycles. The number of hydrogen-bond donors (Lipinski definition) is 0. The van der Waals surface area contributed by atoms with Crippen LogP contribution in [0, 0.1) is 0 Å². The van der Waals surface area contributed by atoms with Crippen molar-refractivity contribution in [2.45, 2.75) is 5.41 Å². The maximum Gasteiger partial charge on any atom is 0.164 e. The molecule has 0 bridgehead atoms. The standard InChI is InChI=1S/C58H37N3S/c1-5-17-38(18-6-1)48-36-50-45-25-13-15-27-51(45)58(43-21-9-3-10-22-43,44-23-11-4-12-24-44)52(50)37-49(48)39-29-31-41(32-30-39)56-59-55(40-19-7-2-8-20-40)60-57(61-56)42-33-34-47-46-26-14-16-28-53(46)62-54(47)35-42/h1-37H. The molecule has 0 saturated carbocycles. The number of fused-ring (bicyclic) bond motifs is 6. The average molecular weight is 808 g/mol. The lowest BCUT2D eigenvalue weighted by Crippen LogP contribution is -2.28. The van der Waals surface area contributed by atoms with Crippen LogP contribution in [-0.2, 0) is 5.41 Å². The molecule has 0 radical (unpaired) electrons. The summed E-state index contributed by atoms with van der Waals surface area (Å²) in [6, 6.07) is 80.8. The molecule has 62 heavy (non-hydrogen) atoms. The molecule has 9 aromatic carbocycles. The van der Waals surface area contributed by atoms with Gasteiger partial charge in [-0.3, -0.25) is 0 Å². The summed E-state index contributed by atoms with van der Waals surface area (Å²) in [5.41, 5.74) is 14.6. The number of benzene rings is 9. The monoisotopic (exact) mass is 807 g/mol. The highest BCUT2D eigenvalue weighted by Gasteiger charge is 2.46. The average Bonchev–Trinajstić information content (AvgIpc) is 3.87. The zero-order valence-corrected chi connectivity index (χ0v) is 34.4. The SMILES string of the molecule is c1ccc(-c2nc(-c3ccc(-c4cc5c(cc4-c4ccccc4)-c4ccccc4C5(c4ccccc4)c4ccccc4)cc3)nc(-c3ccc4c(c3)sc3ccccc34)n2)cc1. The molecular weight excluding hydrogens is 771 g/mol. The third kappa shape index (κ3) is 5.83. The first kappa shape index (κ1) is 36.1. The number of rotatable bonds is 7. The van der Waals surface area contributed by atoms with Crippen LogP contribution < -0.4 is 0 Å². The molecule has 290 valence electrons. The number of thiophene rings is 1. The lowest BCUT2D eigenvalue weighted by atomic mass is 9.67. The Bertz CT molecular complexity index is 3390. The van der Waals surface area contributed by atoms with Gasteiger partial charge in [-0.15, -0.1) is 11.3 Å². The molecule has 0 atom stereocenters. The van der Waals surface area contributed by atoms with Crippen LogP contribution in [0.1, 0.15) is 22.3 Å². The van der Waals surface area contributed by atoms with Crippen molar-refractivity contribution in [3.05, 3.63) is 247 Å². The minimum absolute atomic E-state index is 0.508. The minimum Gasteiger partial charge on any atom is -0.208 e. The second-order valence-electron chi connectivity index (χ2n) is 15.9. The smallest absolute Gasteiger partial charge is 0.164 e. The van der Waals surface area contributed by atoms with Crippen LogP contribution in [0.3, 0.4) is 0 Å². The topological polar surface area (TPSA) is 38.7 Å². The Morgan fingerprint density at radius 2 is 0.758 bits per heavy atom. The van der Waals surface area contributed by atoms with Crippen LogP contribution >= 0.6 is 11.3 Å². The van der Waals surface area contributed by atoms with Crippen molar-refractivity contribution in [1.82, 2.24) is 15.0 Å². The molecule has 12 rings (SSSR count). The van der Waals surface area contributed by atoms with E-state index in [0.29, 0.717) is 17.5 Å². The van der Waals surface area contributed by atoms with Crippen LogP contribution in [0.25, 0.3) is 87.7 Å². The summed E-state index contributed by atoms with van der Waals surface area (Å²) in [5, 5.41) is 2.52. The van der Waals surface area contributed by atoms with E-state index in [4.69, 9.17) is 15.0 Å². The summed E-state index contributed by atoms with van der Waals surface area (Å²) in [6.07, 6.45) is 0. The summed E-state index contributed by atoms with van der Waals surface area (Å²) >= 11 is 1.80. The van der Waals surface area contributed by atoms with E-state index in [1.165, 1.54) is 70.2 Å². The highest BCUT2D eigenvalue weighted by molar-refractivity contribution is 7.25. The lowest BCUT2D eigenvalue weighted by molar-refractivity contribution is 0.769. The predicted octanol–water partition coefficient (Wildman–Crippen LogP) is 14.9. The van der Waals surface area contributed by atoms with Crippen molar-refractivity contribution >= 4 is 31.5 Å². The molecule has 0 aliphatic heterocycles. The zero-order chi connectivity index (χ0) is 41.0. The fourth-order valence-corrected chi connectivity index (χ4v) is 10.7. The summed E-state index contributed by atoms with van der Waals surface area (Å²) < 4.78 is 2.49. The maximum atomic E-state index is 5.17. The molecule has 0 unspecified atom stereocenters. The van der Waals surface area contributed by atoms with Crippen molar-refractivity contribution in [2.75, 3.05) is 0 Å². The Balaban J connectivity index is 1.03. The van der Waals surface area contributed by atoms with Gasteiger partial charge < -0.3 is 0 Å². The second kappa shape index (κ2) is 14.7. The van der Waals surface area contributed by atoms with Crippen LogP contribution in [0.2, 0.25) is 0 Å². The van der Waals surface area contributed by atoms with Gasteiger partial charge in [-0.25, -0.2) is 15.0 Å². The Kier molecular flexibility index (Phi) is 8.58. The number of aromatic nitrogens is 3. The van der Waals surface area contributed by atoms with E-state index in [2.05, 4.69) is 206 Å². The molecule has 0 spiro atoms. The van der Waals surface area contributed by atoms with Gasteiger partial charge in [-0.1, -0.05) is 200 Å². The van der Waals surface area contributed by atoms with E-state index in [9.17, 15) is 0 Å². The van der Waals surface area contributed by atoms with Gasteiger partial charge in [0.15, 0.2) is 17.5 Å². The molecule has 4 heteroatoms. The second-order valence-corrected chi connectivity index (χ2v) is 17.0. The van der Waals surface area contributed by atoms with Crippen molar-refractivity contribution < 1.29 is 0 Å². The van der Waals surface area contributed by atoms with Gasteiger partial charge >= 0.3 is 0 Å². The molecule has 2 aromatic heterocycles. The first-order valence-corrected chi connectivity index (χ1v) is 21.8.